The predicted molar refractivity (Wildman–Crippen MR) is 101 cm³/mol. The number of thioether (sulfide) groups is 1. The van der Waals surface area contributed by atoms with Crippen LogP contribution in [-0.4, -0.2) is 26.5 Å². The van der Waals surface area contributed by atoms with Crippen LogP contribution in [0.1, 0.15) is 49.7 Å². The van der Waals surface area contributed by atoms with Crippen molar-refractivity contribution in [3.05, 3.63) is 57.3 Å². The van der Waals surface area contributed by atoms with E-state index in [2.05, 4.69) is 27.2 Å². The van der Waals surface area contributed by atoms with E-state index in [9.17, 15) is 9.59 Å². The maximum absolute atomic E-state index is 12.9. The Balaban J connectivity index is 1.89. The summed E-state index contributed by atoms with van der Waals surface area (Å²) in [5.41, 5.74) is 2.75. The van der Waals surface area contributed by atoms with Gasteiger partial charge in [0, 0.05) is 41.8 Å². The molecule has 3 heterocycles. The van der Waals surface area contributed by atoms with E-state index in [0.717, 1.165) is 36.3 Å². The number of rotatable bonds is 4. The summed E-state index contributed by atoms with van der Waals surface area (Å²) < 4.78 is 0. The highest BCUT2D eigenvalue weighted by atomic mass is 32.2. The number of Topliss-reactive ketones (excluding diaryl/α,β-unsaturated/α-hetero) is 1. The largest absolute Gasteiger partial charge is 0.343 e. The number of carbonyl (C=O) groups is 1. The van der Waals surface area contributed by atoms with Gasteiger partial charge in [0.15, 0.2) is 10.9 Å². The number of carbonyl (C=O) groups excluding carboxylic acids is 1. The summed E-state index contributed by atoms with van der Waals surface area (Å²) in [6, 6.07) is 3.75. The van der Waals surface area contributed by atoms with Crippen LogP contribution in [0, 0.1) is 0 Å². The second-order valence-corrected chi connectivity index (χ2v) is 7.58. The minimum absolute atomic E-state index is 0.0992. The third-order valence-corrected chi connectivity index (χ3v) is 5.78. The van der Waals surface area contributed by atoms with Crippen LogP contribution in [0.25, 0.3) is 0 Å². The zero-order chi connectivity index (χ0) is 18.1. The quantitative estimate of drug-likeness (QED) is 0.636. The summed E-state index contributed by atoms with van der Waals surface area (Å²) in [4.78, 5) is 37.3. The molecule has 2 aromatic heterocycles. The number of nitrogens with one attached hydrogen (secondary N) is 2. The molecule has 1 atom stereocenters. The Bertz CT molecular complexity index is 936. The number of H-pyrrole nitrogens is 1. The molecule has 26 heavy (non-hydrogen) atoms. The lowest BCUT2D eigenvalue weighted by Crippen LogP contribution is -2.32. The number of ketones is 1. The molecule has 7 heteroatoms. The lowest BCUT2D eigenvalue weighted by Gasteiger charge is -2.32. The Morgan fingerprint density at radius 1 is 1.31 bits per heavy atom. The fourth-order valence-electron chi connectivity index (χ4n) is 3.59. The number of hydrogen-bond acceptors (Lipinski definition) is 6. The summed E-state index contributed by atoms with van der Waals surface area (Å²) >= 11 is 1.53. The standard InChI is InChI=1S/C19H20N4O2S/c1-2-9-26-19-22-17-16(18(25)23-19)14(11-5-4-8-20-10-11)15-12(21-17)6-3-7-13(15)24/h4-5,8,10,14H,2-3,6-7,9H2,1H3,(H2,21,22,23,25)/t14-/m0/s1. The summed E-state index contributed by atoms with van der Waals surface area (Å²) in [6.45, 7) is 2.09. The lowest BCUT2D eigenvalue weighted by atomic mass is 9.77. The molecule has 134 valence electrons. The summed E-state index contributed by atoms with van der Waals surface area (Å²) in [6.07, 6.45) is 6.55. The second kappa shape index (κ2) is 7.07. The first kappa shape index (κ1) is 17.0. The highest BCUT2D eigenvalue weighted by molar-refractivity contribution is 7.99. The molecule has 4 rings (SSSR count). The van der Waals surface area contributed by atoms with Crippen LogP contribution in [0.3, 0.4) is 0 Å². The molecule has 2 aromatic rings. The Labute approximate surface area is 155 Å². The Morgan fingerprint density at radius 2 is 2.19 bits per heavy atom. The van der Waals surface area contributed by atoms with Gasteiger partial charge >= 0.3 is 0 Å². The molecular formula is C19H20N4O2S. The number of anilines is 1. The predicted octanol–water partition coefficient (Wildman–Crippen LogP) is 3.23. The zero-order valence-corrected chi connectivity index (χ0v) is 15.4. The average Bonchev–Trinajstić information content (AvgIpc) is 2.65. The smallest absolute Gasteiger partial charge is 0.257 e. The van der Waals surface area contributed by atoms with Crippen LogP contribution >= 0.6 is 11.8 Å². The second-order valence-electron chi connectivity index (χ2n) is 6.50. The molecule has 1 aliphatic heterocycles. The fraction of sp³-hybridized carbons (Fsp3) is 0.368. The molecule has 0 saturated heterocycles. The lowest BCUT2D eigenvalue weighted by molar-refractivity contribution is -0.116. The van der Waals surface area contributed by atoms with E-state index in [1.165, 1.54) is 11.8 Å². The van der Waals surface area contributed by atoms with E-state index in [1.54, 1.807) is 12.4 Å². The molecule has 0 spiro atoms. The topological polar surface area (TPSA) is 87.7 Å². The molecule has 2 N–H and O–H groups in total. The van der Waals surface area contributed by atoms with E-state index in [0.29, 0.717) is 28.5 Å². The van der Waals surface area contributed by atoms with Crippen LogP contribution in [0.5, 0.6) is 0 Å². The Morgan fingerprint density at radius 3 is 2.96 bits per heavy atom. The third kappa shape index (κ3) is 2.96. The van der Waals surface area contributed by atoms with Crippen molar-refractivity contribution in [3.8, 4) is 0 Å². The van der Waals surface area contributed by atoms with Gasteiger partial charge in [-0.3, -0.25) is 14.6 Å². The van der Waals surface area contributed by atoms with E-state index in [4.69, 9.17) is 0 Å². The van der Waals surface area contributed by atoms with Crippen molar-refractivity contribution in [1.29, 1.82) is 0 Å². The van der Waals surface area contributed by atoms with Crippen LogP contribution in [0.15, 0.2) is 45.7 Å². The Hall–Kier alpha value is -2.41. The van der Waals surface area contributed by atoms with Gasteiger partial charge in [-0.1, -0.05) is 24.8 Å². The van der Waals surface area contributed by atoms with Crippen LogP contribution in [0.2, 0.25) is 0 Å². The molecular weight excluding hydrogens is 348 g/mol. The molecule has 0 saturated carbocycles. The Kier molecular flexibility index (Phi) is 4.63. The molecule has 0 aromatic carbocycles. The first-order chi connectivity index (χ1) is 12.7. The van der Waals surface area contributed by atoms with Gasteiger partial charge in [0.25, 0.3) is 5.56 Å². The van der Waals surface area contributed by atoms with Crippen LogP contribution in [-0.2, 0) is 4.79 Å². The van der Waals surface area contributed by atoms with Gasteiger partial charge in [-0.15, -0.1) is 0 Å². The minimum atomic E-state index is -0.413. The van der Waals surface area contributed by atoms with Gasteiger partial charge in [-0.2, -0.15) is 0 Å². The van der Waals surface area contributed by atoms with E-state index in [1.807, 2.05) is 12.1 Å². The van der Waals surface area contributed by atoms with Gasteiger partial charge in [-0.25, -0.2) is 4.98 Å². The normalized spacial score (nSPS) is 19.0. The number of fused-ring (bicyclic) bond motifs is 1. The van der Waals surface area contributed by atoms with Gasteiger partial charge in [-0.05, 0) is 30.9 Å². The highest BCUT2D eigenvalue weighted by Gasteiger charge is 2.37. The SMILES string of the molecule is CCCSc1nc2c(c(=O)[nH]1)[C@@H](c1cccnc1)C1=C(CCCC1=O)N2. The maximum atomic E-state index is 12.9. The maximum Gasteiger partial charge on any atom is 0.257 e. The molecule has 0 fully saturated rings. The molecule has 0 amide bonds. The molecule has 0 unspecified atom stereocenters. The molecule has 6 nitrogen and oxygen atoms in total. The summed E-state index contributed by atoms with van der Waals surface area (Å²) in [5, 5.41) is 3.89. The summed E-state index contributed by atoms with van der Waals surface area (Å²) in [7, 11) is 0. The van der Waals surface area contributed by atoms with Crippen molar-refractivity contribution < 1.29 is 4.79 Å². The first-order valence-electron chi connectivity index (χ1n) is 8.89. The first-order valence-corrected chi connectivity index (χ1v) is 9.87. The molecule has 0 bridgehead atoms. The van der Waals surface area contributed by atoms with Gasteiger partial charge in [0.2, 0.25) is 0 Å². The number of aromatic amines is 1. The number of nitrogens with zero attached hydrogens (tertiary/aromatic N) is 2. The number of allylic oxidation sites excluding steroid dienone is 2. The van der Waals surface area contributed by atoms with Crippen LogP contribution < -0.4 is 10.9 Å². The number of pyridine rings is 1. The third-order valence-electron chi connectivity index (χ3n) is 4.70. The van der Waals surface area contributed by atoms with Crippen molar-refractivity contribution in [2.75, 3.05) is 11.1 Å². The van der Waals surface area contributed by atoms with E-state index < -0.39 is 5.92 Å². The number of aromatic nitrogens is 3. The van der Waals surface area contributed by atoms with Crippen LogP contribution in [0.4, 0.5) is 5.82 Å². The zero-order valence-electron chi connectivity index (χ0n) is 14.5. The van der Waals surface area contributed by atoms with Crippen molar-refractivity contribution >= 4 is 23.4 Å². The van der Waals surface area contributed by atoms with Crippen molar-refractivity contribution in [3.63, 3.8) is 0 Å². The average molecular weight is 368 g/mol. The van der Waals surface area contributed by atoms with Crippen molar-refractivity contribution in [1.82, 2.24) is 15.0 Å². The van der Waals surface area contributed by atoms with E-state index >= 15 is 0 Å². The van der Waals surface area contributed by atoms with Crippen molar-refractivity contribution in [2.45, 2.75) is 43.7 Å². The van der Waals surface area contributed by atoms with Crippen molar-refractivity contribution in [2.24, 2.45) is 0 Å². The summed E-state index contributed by atoms with van der Waals surface area (Å²) in [5.74, 6) is 1.14. The monoisotopic (exact) mass is 368 g/mol. The van der Waals surface area contributed by atoms with Gasteiger partial charge in [0.05, 0.1) is 5.56 Å². The van der Waals surface area contributed by atoms with Gasteiger partial charge < -0.3 is 10.3 Å². The molecule has 1 aliphatic carbocycles. The fourth-order valence-corrected chi connectivity index (χ4v) is 4.31. The molecule has 0 radical (unpaired) electrons. The van der Waals surface area contributed by atoms with Gasteiger partial charge in [0.1, 0.15) is 5.82 Å². The van der Waals surface area contributed by atoms with E-state index in [-0.39, 0.29) is 11.3 Å². The molecule has 2 aliphatic rings. The number of hydrogen-bond donors (Lipinski definition) is 2. The highest BCUT2D eigenvalue weighted by Crippen LogP contribution is 2.43. The minimum Gasteiger partial charge on any atom is -0.343 e.